The van der Waals surface area contributed by atoms with Crippen molar-refractivity contribution in [2.24, 2.45) is 0 Å². The summed E-state index contributed by atoms with van der Waals surface area (Å²) in [5, 5.41) is 0. The van der Waals surface area contributed by atoms with Gasteiger partial charge in [-0.1, -0.05) is 12.2 Å². The van der Waals surface area contributed by atoms with Crippen LogP contribution in [0.5, 0.6) is 5.88 Å². The lowest BCUT2D eigenvalue weighted by Gasteiger charge is -2.39. The third-order valence-electron chi connectivity index (χ3n) is 5.15. The predicted molar refractivity (Wildman–Crippen MR) is 105 cm³/mol. The number of urea groups is 1. The molecule has 28 heavy (non-hydrogen) atoms. The van der Waals surface area contributed by atoms with E-state index >= 15 is 0 Å². The number of ether oxygens (including phenoxy) is 2. The van der Waals surface area contributed by atoms with Gasteiger partial charge in [0.1, 0.15) is 12.4 Å². The number of methoxy groups -OCH3 is 1. The molecule has 0 bridgehead atoms. The summed E-state index contributed by atoms with van der Waals surface area (Å²) in [6, 6.07) is 0.0444. The first kappa shape index (κ1) is 18.3. The fourth-order valence-electron chi connectivity index (χ4n) is 3.72. The van der Waals surface area contributed by atoms with Crippen molar-refractivity contribution in [2.45, 2.75) is 13.3 Å². The molecule has 2 aliphatic heterocycles. The van der Waals surface area contributed by atoms with Crippen molar-refractivity contribution >= 4 is 11.8 Å². The van der Waals surface area contributed by atoms with Gasteiger partial charge in [-0.15, -0.1) is 0 Å². The smallest absolute Gasteiger partial charge is 0.324 e. The number of aromatic nitrogens is 2. The van der Waals surface area contributed by atoms with Crippen LogP contribution < -0.4 is 9.64 Å². The van der Waals surface area contributed by atoms with Crippen molar-refractivity contribution in [2.75, 3.05) is 51.3 Å². The van der Waals surface area contributed by atoms with Gasteiger partial charge in [-0.2, -0.15) is 0 Å². The zero-order valence-corrected chi connectivity index (χ0v) is 16.3. The van der Waals surface area contributed by atoms with Crippen molar-refractivity contribution < 1.29 is 14.3 Å². The SMILES string of the molecule is COc1nccnc1N1CCN(C(=O)N2CCOC3=C2CC=CC(C)=C3)CC1. The van der Waals surface area contributed by atoms with Crippen LogP contribution in [0.2, 0.25) is 0 Å². The highest BCUT2D eigenvalue weighted by Gasteiger charge is 2.31. The first-order valence-electron chi connectivity index (χ1n) is 9.54. The summed E-state index contributed by atoms with van der Waals surface area (Å²) in [6.45, 7) is 5.77. The van der Waals surface area contributed by atoms with Gasteiger partial charge in [-0.3, -0.25) is 4.90 Å². The van der Waals surface area contributed by atoms with Crippen molar-refractivity contribution in [1.82, 2.24) is 19.8 Å². The Morgan fingerprint density at radius 2 is 1.93 bits per heavy atom. The number of carbonyl (C=O) groups is 1. The fourth-order valence-corrected chi connectivity index (χ4v) is 3.72. The molecule has 0 saturated carbocycles. The highest BCUT2D eigenvalue weighted by Crippen LogP contribution is 2.28. The van der Waals surface area contributed by atoms with Crippen molar-refractivity contribution in [3.8, 4) is 5.88 Å². The van der Waals surface area contributed by atoms with Crippen LogP contribution in [0.25, 0.3) is 0 Å². The summed E-state index contributed by atoms with van der Waals surface area (Å²) < 4.78 is 11.1. The molecule has 0 N–H and O–H groups in total. The van der Waals surface area contributed by atoms with E-state index in [-0.39, 0.29) is 6.03 Å². The second kappa shape index (κ2) is 7.92. The lowest BCUT2D eigenvalue weighted by atomic mass is 10.2. The molecule has 2 amide bonds. The van der Waals surface area contributed by atoms with Crippen LogP contribution in [0.3, 0.4) is 0 Å². The number of amides is 2. The van der Waals surface area contributed by atoms with Crippen molar-refractivity contribution in [3.63, 3.8) is 0 Å². The minimum atomic E-state index is 0.0444. The van der Waals surface area contributed by atoms with Gasteiger partial charge in [-0.25, -0.2) is 14.8 Å². The molecule has 8 heteroatoms. The van der Waals surface area contributed by atoms with Crippen LogP contribution in [0.1, 0.15) is 13.3 Å². The van der Waals surface area contributed by atoms with Crippen LogP contribution in [0.4, 0.5) is 10.6 Å². The Morgan fingerprint density at radius 1 is 1.14 bits per heavy atom. The quantitative estimate of drug-likeness (QED) is 0.780. The van der Waals surface area contributed by atoms with E-state index < -0.39 is 0 Å². The zero-order valence-electron chi connectivity index (χ0n) is 16.3. The Kier molecular flexibility index (Phi) is 5.18. The van der Waals surface area contributed by atoms with Crippen LogP contribution in [0, 0.1) is 0 Å². The Labute approximate surface area is 164 Å². The molecule has 0 unspecified atom stereocenters. The number of piperazine rings is 1. The van der Waals surface area contributed by atoms with Crippen molar-refractivity contribution in [3.05, 3.63) is 47.7 Å². The number of hydrogen-bond acceptors (Lipinski definition) is 6. The molecule has 148 valence electrons. The van der Waals surface area contributed by atoms with Gasteiger partial charge >= 0.3 is 6.03 Å². The number of carbonyl (C=O) groups excluding carboxylic acids is 1. The van der Waals surface area contributed by atoms with Gasteiger partial charge in [0.2, 0.25) is 0 Å². The molecule has 4 rings (SSSR count). The maximum Gasteiger partial charge on any atom is 0.324 e. The van der Waals surface area contributed by atoms with Crippen LogP contribution >= 0.6 is 0 Å². The number of allylic oxidation sites excluding steroid dienone is 4. The van der Waals surface area contributed by atoms with Crippen molar-refractivity contribution in [1.29, 1.82) is 0 Å². The van der Waals surface area contributed by atoms with Gasteiger partial charge in [-0.05, 0) is 18.6 Å². The number of hydrogen-bond donors (Lipinski definition) is 0. The molecule has 1 aromatic rings. The van der Waals surface area contributed by atoms with Crippen LogP contribution in [-0.4, -0.2) is 72.2 Å². The normalized spacial score (nSPS) is 19.6. The highest BCUT2D eigenvalue weighted by molar-refractivity contribution is 5.77. The average Bonchev–Trinajstić information content (AvgIpc) is 2.93. The lowest BCUT2D eigenvalue weighted by molar-refractivity contribution is 0.117. The number of rotatable bonds is 2. The molecule has 3 aliphatic rings. The van der Waals surface area contributed by atoms with E-state index in [1.54, 1.807) is 19.5 Å². The summed E-state index contributed by atoms with van der Waals surface area (Å²) in [7, 11) is 1.59. The summed E-state index contributed by atoms with van der Waals surface area (Å²) in [5.74, 6) is 2.05. The van der Waals surface area contributed by atoms with Gasteiger partial charge in [0.15, 0.2) is 5.82 Å². The summed E-state index contributed by atoms with van der Waals surface area (Å²) >= 11 is 0. The molecule has 3 heterocycles. The van der Waals surface area contributed by atoms with E-state index in [0.717, 1.165) is 22.8 Å². The Balaban J connectivity index is 1.45. The molecule has 1 saturated heterocycles. The molecule has 0 radical (unpaired) electrons. The molecular weight excluding hydrogens is 358 g/mol. The summed E-state index contributed by atoms with van der Waals surface area (Å²) in [5.41, 5.74) is 2.08. The molecule has 8 nitrogen and oxygen atoms in total. The predicted octanol–water partition coefficient (Wildman–Crippen LogP) is 2.18. The Bertz CT molecular complexity index is 840. The largest absolute Gasteiger partial charge is 0.490 e. The molecule has 0 atom stereocenters. The standard InChI is InChI=1S/C20H25N5O3/c1-15-4-3-5-16-17(14-15)28-13-12-25(16)20(26)24-10-8-23(9-11-24)18-19(27-2)22-7-6-21-18/h3-4,6-7,14H,5,8-13H2,1-2H3. The van der Waals surface area contributed by atoms with Gasteiger partial charge in [0.25, 0.3) is 5.88 Å². The average molecular weight is 383 g/mol. The van der Waals surface area contributed by atoms with E-state index in [1.807, 2.05) is 22.8 Å². The topological polar surface area (TPSA) is 71.0 Å². The minimum Gasteiger partial charge on any atom is -0.490 e. The molecule has 1 aliphatic carbocycles. The summed E-state index contributed by atoms with van der Waals surface area (Å²) in [6.07, 6.45) is 10.1. The Hall–Kier alpha value is -3.03. The van der Waals surface area contributed by atoms with E-state index in [4.69, 9.17) is 9.47 Å². The molecule has 1 aromatic heterocycles. The van der Waals surface area contributed by atoms with E-state index in [1.165, 1.54) is 0 Å². The molecular formula is C20H25N5O3. The minimum absolute atomic E-state index is 0.0444. The first-order chi connectivity index (χ1) is 13.7. The van der Waals surface area contributed by atoms with E-state index in [9.17, 15) is 4.79 Å². The fraction of sp³-hybridized carbons (Fsp3) is 0.450. The number of anilines is 1. The Morgan fingerprint density at radius 3 is 2.71 bits per heavy atom. The van der Waals surface area contributed by atoms with Gasteiger partial charge < -0.3 is 19.3 Å². The monoisotopic (exact) mass is 383 g/mol. The van der Waals surface area contributed by atoms with E-state index in [2.05, 4.69) is 27.0 Å². The number of nitrogens with zero attached hydrogens (tertiary/aromatic N) is 5. The molecule has 0 spiro atoms. The highest BCUT2D eigenvalue weighted by atomic mass is 16.5. The third-order valence-corrected chi connectivity index (χ3v) is 5.15. The van der Waals surface area contributed by atoms with Gasteiger partial charge in [0.05, 0.1) is 19.4 Å². The summed E-state index contributed by atoms with van der Waals surface area (Å²) in [4.78, 5) is 27.7. The van der Waals surface area contributed by atoms with Gasteiger partial charge in [0, 0.05) is 45.0 Å². The lowest BCUT2D eigenvalue weighted by Crippen LogP contribution is -2.54. The van der Waals surface area contributed by atoms with Crippen LogP contribution in [-0.2, 0) is 4.74 Å². The van der Waals surface area contributed by atoms with E-state index in [0.29, 0.717) is 51.6 Å². The maximum atomic E-state index is 13.2. The first-order valence-corrected chi connectivity index (χ1v) is 9.54. The third kappa shape index (κ3) is 3.54. The molecule has 1 fully saturated rings. The van der Waals surface area contributed by atoms with Crippen LogP contribution in [0.15, 0.2) is 47.7 Å². The zero-order chi connectivity index (χ0) is 19.5. The molecule has 0 aromatic carbocycles. The second-order valence-corrected chi connectivity index (χ2v) is 6.95. The second-order valence-electron chi connectivity index (χ2n) is 6.95. The maximum absolute atomic E-state index is 13.2.